The maximum atomic E-state index is 10.3. The molecule has 0 saturated heterocycles. The maximum absolute atomic E-state index is 10.3. The van der Waals surface area contributed by atoms with E-state index in [2.05, 4.69) is 5.32 Å². The average Bonchev–Trinajstić information content (AvgIpc) is 1.87. The van der Waals surface area contributed by atoms with Crippen LogP contribution in [0, 0.1) is 0 Å². The van der Waals surface area contributed by atoms with Crippen LogP contribution in [0.1, 0.15) is 13.3 Å². The summed E-state index contributed by atoms with van der Waals surface area (Å²) in [6.07, 6.45) is 4.55. The second kappa shape index (κ2) is 6.01. The van der Waals surface area contributed by atoms with Crippen LogP contribution in [0.15, 0.2) is 12.2 Å². The highest BCUT2D eigenvalue weighted by Crippen LogP contribution is 1.77. The quantitative estimate of drug-likeness (QED) is 0.347. The third-order valence-electron chi connectivity index (χ3n) is 0.900. The first-order valence-electron chi connectivity index (χ1n) is 3.12. The molecule has 0 aromatic carbocycles. The first kappa shape index (κ1) is 8.88. The molecule has 0 aliphatic rings. The normalized spacial score (nSPS) is 9.70. The highest BCUT2D eigenvalue weighted by Gasteiger charge is 1.85. The monoisotopic (exact) mass is 141 g/mol. The summed E-state index contributed by atoms with van der Waals surface area (Å²) in [5.41, 5.74) is 0. The van der Waals surface area contributed by atoms with Crippen LogP contribution in [0.3, 0.4) is 0 Å². The zero-order valence-electron chi connectivity index (χ0n) is 5.96. The topological polar surface area (TPSA) is 46.2 Å². The van der Waals surface area contributed by atoms with Gasteiger partial charge in [0.15, 0.2) is 0 Å². The number of hydrogen-bond donors (Lipinski definition) is 1. The minimum absolute atomic E-state index is 0.0421. The van der Waals surface area contributed by atoms with Crippen LogP contribution >= 0.6 is 0 Å². The van der Waals surface area contributed by atoms with E-state index in [0.29, 0.717) is 19.3 Å². The van der Waals surface area contributed by atoms with Gasteiger partial charge in [0.1, 0.15) is 6.29 Å². The van der Waals surface area contributed by atoms with Gasteiger partial charge in [-0.05, 0) is 12.5 Å². The second-order valence-electron chi connectivity index (χ2n) is 1.84. The lowest BCUT2D eigenvalue weighted by molar-refractivity contribution is -0.118. The molecule has 0 spiro atoms. The largest absolute Gasteiger partial charge is 0.356 e. The summed E-state index contributed by atoms with van der Waals surface area (Å²) in [6.45, 7) is 2.06. The van der Waals surface area contributed by atoms with Gasteiger partial charge in [-0.3, -0.25) is 9.59 Å². The molecule has 10 heavy (non-hydrogen) atoms. The van der Waals surface area contributed by atoms with Crippen molar-refractivity contribution in [3.05, 3.63) is 12.2 Å². The zero-order valence-corrected chi connectivity index (χ0v) is 5.96. The van der Waals surface area contributed by atoms with E-state index < -0.39 is 0 Å². The molecule has 0 aliphatic carbocycles. The van der Waals surface area contributed by atoms with Crippen LogP contribution in [0.4, 0.5) is 0 Å². The fourth-order valence-electron chi connectivity index (χ4n) is 0.483. The Morgan fingerprint density at radius 1 is 1.60 bits per heavy atom. The van der Waals surface area contributed by atoms with Crippen molar-refractivity contribution >= 4 is 12.2 Å². The van der Waals surface area contributed by atoms with Crippen molar-refractivity contribution in [2.75, 3.05) is 6.54 Å². The fourth-order valence-corrected chi connectivity index (χ4v) is 0.483. The molecule has 0 aliphatic heterocycles. The van der Waals surface area contributed by atoms with Crippen molar-refractivity contribution in [3.8, 4) is 0 Å². The number of carbonyl (C=O) groups is 2. The lowest BCUT2D eigenvalue weighted by atomic mass is 10.4. The lowest BCUT2D eigenvalue weighted by Crippen LogP contribution is -2.20. The van der Waals surface area contributed by atoms with Gasteiger partial charge in [-0.15, -0.1) is 0 Å². The van der Waals surface area contributed by atoms with Crippen LogP contribution in [0.5, 0.6) is 0 Å². The summed E-state index contributed by atoms with van der Waals surface area (Å²) in [4.78, 5) is 20.0. The van der Waals surface area contributed by atoms with E-state index in [4.69, 9.17) is 0 Å². The first-order valence-corrected chi connectivity index (χ1v) is 3.12. The van der Waals surface area contributed by atoms with Crippen molar-refractivity contribution in [1.29, 1.82) is 0 Å². The molecule has 0 atom stereocenters. The predicted molar refractivity (Wildman–Crippen MR) is 38.5 cm³/mol. The van der Waals surface area contributed by atoms with Crippen LogP contribution in [0.25, 0.3) is 0 Å². The SMILES string of the molecule is CC(=O)NCCC=CC=O. The van der Waals surface area contributed by atoms with Crippen LogP contribution in [0.2, 0.25) is 0 Å². The molecule has 0 bridgehead atoms. The number of carbonyl (C=O) groups excluding carboxylic acids is 2. The van der Waals surface area contributed by atoms with Gasteiger partial charge in [-0.1, -0.05) is 6.08 Å². The molecule has 3 heteroatoms. The molecule has 0 aromatic rings. The zero-order chi connectivity index (χ0) is 7.82. The Bertz CT molecular complexity index is 141. The smallest absolute Gasteiger partial charge is 0.216 e. The number of allylic oxidation sites excluding steroid dienone is 1. The maximum Gasteiger partial charge on any atom is 0.216 e. The molecule has 0 rings (SSSR count). The van der Waals surface area contributed by atoms with Gasteiger partial charge in [0.2, 0.25) is 5.91 Å². The van der Waals surface area contributed by atoms with Gasteiger partial charge < -0.3 is 5.32 Å². The fraction of sp³-hybridized carbons (Fsp3) is 0.429. The van der Waals surface area contributed by atoms with Crippen molar-refractivity contribution in [2.24, 2.45) is 0 Å². The van der Waals surface area contributed by atoms with E-state index >= 15 is 0 Å². The Morgan fingerprint density at radius 2 is 2.30 bits per heavy atom. The molecule has 56 valence electrons. The van der Waals surface area contributed by atoms with E-state index in [1.165, 1.54) is 13.0 Å². The van der Waals surface area contributed by atoms with Gasteiger partial charge >= 0.3 is 0 Å². The molecule has 3 nitrogen and oxygen atoms in total. The molecule has 1 amide bonds. The van der Waals surface area contributed by atoms with Gasteiger partial charge in [0.25, 0.3) is 0 Å². The van der Waals surface area contributed by atoms with E-state index in [-0.39, 0.29) is 5.91 Å². The molecular formula is C7H11NO2. The van der Waals surface area contributed by atoms with Crippen molar-refractivity contribution in [2.45, 2.75) is 13.3 Å². The summed E-state index contributed by atoms with van der Waals surface area (Å²) >= 11 is 0. The molecule has 0 fully saturated rings. The third kappa shape index (κ3) is 6.88. The standard InChI is InChI=1S/C7H11NO2/c1-7(10)8-5-3-2-4-6-9/h2,4,6H,3,5H2,1H3,(H,8,10). The van der Waals surface area contributed by atoms with E-state index in [9.17, 15) is 9.59 Å². The third-order valence-corrected chi connectivity index (χ3v) is 0.900. The molecular weight excluding hydrogens is 130 g/mol. The molecule has 0 aromatic heterocycles. The van der Waals surface area contributed by atoms with E-state index in [1.54, 1.807) is 6.08 Å². The van der Waals surface area contributed by atoms with Crippen LogP contribution in [-0.2, 0) is 9.59 Å². The van der Waals surface area contributed by atoms with E-state index in [0.717, 1.165) is 0 Å². The number of nitrogens with one attached hydrogen (secondary N) is 1. The summed E-state index contributed by atoms with van der Waals surface area (Å²) in [5.74, 6) is -0.0421. The predicted octanol–water partition coefficient (Wildman–Crippen LogP) is 0.268. The Kier molecular flexibility index (Phi) is 5.33. The summed E-state index contributed by atoms with van der Waals surface area (Å²) in [7, 11) is 0. The number of aldehydes is 1. The summed E-state index contributed by atoms with van der Waals surface area (Å²) < 4.78 is 0. The van der Waals surface area contributed by atoms with Crippen molar-refractivity contribution < 1.29 is 9.59 Å². The van der Waals surface area contributed by atoms with Gasteiger partial charge in [-0.2, -0.15) is 0 Å². The van der Waals surface area contributed by atoms with Crippen molar-refractivity contribution in [1.82, 2.24) is 5.32 Å². The minimum atomic E-state index is -0.0421. The van der Waals surface area contributed by atoms with Crippen LogP contribution in [-0.4, -0.2) is 18.7 Å². The van der Waals surface area contributed by atoms with Gasteiger partial charge in [0.05, 0.1) is 0 Å². The molecule has 0 radical (unpaired) electrons. The first-order chi connectivity index (χ1) is 4.77. The lowest BCUT2D eigenvalue weighted by Gasteiger charge is -1.95. The summed E-state index contributed by atoms with van der Waals surface area (Å²) in [5, 5.41) is 2.60. The average molecular weight is 141 g/mol. The second-order valence-corrected chi connectivity index (χ2v) is 1.84. The highest BCUT2D eigenvalue weighted by molar-refractivity contribution is 5.72. The van der Waals surface area contributed by atoms with Crippen molar-refractivity contribution in [3.63, 3.8) is 0 Å². The van der Waals surface area contributed by atoms with Gasteiger partial charge in [-0.25, -0.2) is 0 Å². The number of amides is 1. The Hall–Kier alpha value is -1.12. The molecule has 0 unspecified atom stereocenters. The molecule has 0 heterocycles. The van der Waals surface area contributed by atoms with Gasteiger partial charge in [0, 0.05) is 13.5 Å². The minimum Gasteiger partial charge on any atom is -0.356 e. The Labute approximate surface area is 60.1 Å². The summed E-state index contributed by atoms with van der Waals surface area (Å²) in [6, 6.07) is 0. The van der Waals surface area contributed by atoms with Crippen LogP contribution < -0.4 is 5.32 Å². The molecule has 0 saturated carbocycles. The molecule has 1 N–H and O–H groups in total. The number of rotatable bonds is 4. The number of hydrogen-bond acceptors (Lipinski definition) is 2. The Morgan fingerprint density at radius 3 is 2.80 bits per heavy atom. The van der Waals surface area contributed by atoms with E-state index in [1.807, 2.05) is 0 Å². The highest BCUT2D eigenvalue weighted by atomic mass is 16.1. The Balaban J connectivity index is 3.12.